The van der Waals surface area contributed by atoms with Crippen molar-refractivity contribution in [3.05, 3.63) is 12.2 Å². The zero-order chi connectivity index (χ0) is 23.0. The van der Waals surface area contributed by atoms with Crippen molar-refractivity contribution in [1.29, 1.82) is 0 Å². The van der Waals surface area contributed by atoms with Crippen molar-refractivity contribution >= 4 is 18.5 Å². The van der Waals surface area contributed by atoms with Gasteiger partial charge in [0.2, 0.25) is 5.91 Å². The Labute approximate surface area is 181 Å². The molecule has 2 saturated heterocycles. The van der Waals surface area contributed by atoms with Gasteiger partial charge in [0, 0.05) is 19.1 Å². The Kier molecular flexibility index (Phi) is 8.75. The van der Waals surface area contributed by atoms with Gasteiger partial charge in [0.1, 0.15) is 25.3 Å². The molecule has 0 radical (unpaired) electrons. The third-order valence-electron chi connectivity index (χ3n) is 5.26. The molecule has 2 amide bonds. The highest BCUT2D eigenvalue weighted by Crippen LogP contribution is 2.23. The number of ether oxygens (including phenoxy) is 1. The molecular formula is C19H32N6O6. The molecule has 31 heavy (non-hydrogen) atoms. The van der Waals surface area contributed by atoms with Crippen LogP contribution in [-0.2, 0) is 20.9 Å². The van der Waals surface area contributed by atoms with Crippen molar-refractivity contribution in [2.24, 2.45) is 0 Å². The quantitative estimate of drug-likeness (QED) is 0.551. The van der Waals surface area contributed by atoms with E-state index in [2.05, 4.69) is 24.0 Å². The zero-order valence-corrected chi connectivity index (χ0v) is 18.3. The van der Waals surface area contributed by atoms with Crippen LogP contribution in [0.2, 0.25) is 0 Å². The van der Waals surface area contributed by atoms with E-state index in [0.29, 0.717) is 39.2 Å². The number of carbonyl (C=O) groups excluding carboxylic acids is 2. The van der Waals surface area contributed by atoms with Crippen LogP contribution in [0.25, 0.3) is 0 Å². The van der Waals surface area contributed by atoms with Gasteiger partial charge >= 0.3 is 6.09 Å². The molecule has 12 heteroatoms. The first-order chi connectivity index (χ1) is 14.7. The summed E-state index contributed by atoms with van der Waals surface area (Å²) in [5.41, 5.74) is -0.989. The highest BCUT2D eigenvalue weighted by atomic mass is 16.6. The van der Waals surface area contributed by atoms with Gasteiger partial charge in [0.05, 0.1) is 25.2 Å². The number of nitrogens with zero attached hydrogens (tertiary/aromatic N) is 6. The molecule has 0 spiro atoms. The largest absolute Gasteiger partial charge is 0.483 e. The molecular weight excluding hydrogens is 408 g/mol. The Balaban J connectivity index is 0.00000107. The van der Waals surface area contributed by atoms with Gasteiger partial charge in [0.15, 0.2) is 0 Å². The van der Waals surface area contributed by atoms with E-state index < -0.39 is 11.7 Å². The molecule has 12 nitrogen and oxygen atoms in total. The first-order valence-electron chi connectivity index (χ1n) is 10.3. The molecule has 2 N–H and O–H groups in total. The van der Waals surface area contributed by atoms with Crippen LogP contribution in [0.1, 0.15) is 38.6 Å². The number of hydrogen-bond donors (Lipinski definition) is 2. The molecule has 2 aliphatic heterocycles. The maximum Gasteiger partial charge on any atom is 0.410 e. The molecule has 3 heterocycles. The summed E-state index contributed by atoms with van der Waals surface area (Å²) in [7, 11) is 1.93. The highest BCUT2D eigenvalue weighted by molar-refractivity contribution is 5.83. The number of likely N-dealkylation sites (N-methyl/N-ethyl adjacent to an activating group) is 1. The summed E-state index contributed by atoms with van der Waals surface area (Å²) >= 11 is 0. The van der Waals surface area contributed by atoms with Gasteiger partial charge in [-0.2, -0.15) is 0 Å². The van der Waals surface area contributed by atoms with Gasteiger partial charge in [0.25, 0.3) is 6.47 Å². The van der Waals surface area contributed by atoms with Gasteiger partial charge in [-0.05, 0) is 33.7 Å². The van der Waals surface area contributed by atoms with Crippen LogP contribution >= 0.6 is 0 Å². The van der Waals surface area contributed by atoms with Crippen LogP contribution in [0.3, 0.4) is 0 Å². The van der Waals surface area contributed by atoms with Crippen LogP contribution in [0.4, 0.5) is 4.79 Å². The SMILES string of the molecule is CC(C)n1cnnc1CN(C)CC1(O)CCCN(C(=O)CN2CCOC2=O)C1.O=CO. The van der Waals surface area contributed by atoms with Gasteiger partial charge in [-0.25, -0.2) is 4.79 Å². The van der Waals surface area contributed by atoms with E-state index in [1.807, 2.05) is 16.5 Å². The second kappa shape index (κ2) is 11.0. The molecule has 0 bridgehead atoms. The Hall–Kier alpha value is -2.73. The van der Waals surface area contributed by atoms with E-state index in [1.165, 1.54) is 4.90 Å². The van der Waals surface area contributed by atoms with E-state index in [0.717, 1.165) is 12.2 Å². The van der Waals surface area contributed by atoms with Gasteiger partial charge < -0.3 is 24.4 Å². The molecule has 174 valence electrons. The minimum Gasteiger partial charge on any atom is -0.483 e. The second-order valence-electron chi connectivity index (χ2n) is 8.20. The average Bonchev–Trinajstić information content (AvgIpc) is 3.31. The van der Waals surface area contributed by atoms with E-state index in [1.54, 1.807) is 11.2 Å². The minimum atomic E-state index is -0.989. The third kappa shape index (κ3) is 6.89. The number of carboxylic acid groups (broad SMARTS) is 1. The Morgan fingerprint density at radius 3 is 2.74 bits per heavy atom. The molecule has 1 aromatic rings. The fourth-order valence-electron chi connectivity index (χ4n) is 3.90. The summed E-state index contributed by atoms with van der Waals surface area (Å²) in [6.45, 7) is 6.49. The number of carbonyl (C=O) groups is 3. The number of likely N-dealkylation sites (tertiary alicyclic amines) is 1. The van der Waals surface area contributed by atoms with Crippen molar-refractivity contribution in [3.63, 3.8) is 0 Å². The molecule has 3 rings (SSSR count). The standard InChI is InChI=1S/C18H30N6O4.CH2O2/c1-14(2)24-13-19-20-15(24)9-21(3)11-18(27)5-4-6-23(12-18)16(25)10-22-7-8-28-17(22)26;2-1-3/h13-14,27H,4-12H2,1-3H3;1H,(H,2,3). The molecule has 1 unspecified atom stereocenters. The summed E-state index contributed by atoms with van der Waals surface area (Å²) in [5.74, 6) is 0.691. The average molecular weight is 441 g/mol. The normalized spacial score (nSPS) is 21.2. The lowest BCUT2D eigenvalue weighted by Crippen LogP contribution is -2.56. The molecule has 0 aliphatic carbocycles. The number of β-amino-alcohol motifs (C(OH)–C–C–N with tert-alkyl or cyclic N) is 1. The lowest BCUT2D eigenvalue weighted by Gasteiger charge is -2.41. The van der Waals surface area contributed by atoms with E-state index in [9.17, 15) is 14.7 Å². The smallest absolute Gasteiger partial charge is 0.410 e. The number of piperidine rings is 1. The Bertz CT molecular complexity index is 756. The number of amides is 2. The first kappa shape index (κ1) is 24.5. The molecule has 1 aromatic heterocycles. The maximum absolute atomic E-state index is 12.6. The molecule has 1 atom stereocenters. The fourth-order valence-corrected chi connectivity index (χ4v) is 3.90. The monoisotopic (exact) mass is 440 g/mol. The van der Waals surface area contributed by atoms with Crippen LogP contribution in [-0.4, -0.2) is 110 Å². The van der Waals surface area contributed by atoms with Gasteiger partial charge in [-0.1, -0.05) is 0 Å². The lowest BCUT2D eigenvalue weighted by molar-refractivity contribution is -0.139. The molecule has 0 saturated carbocycles. The van der Waals surface area contributed by atoms with Crippen LogP contribution < -0.4 is 0 Å². The Morgan fingerprint density at radius 1 is 1.42 bits per heavy atom. The molecule has 2 fully saturated rings. The number of cyclic esters (lactones) is 1. The third-order valence-corrected chi connectivity index (χ3v) is 5.26. The predicted octanol–water partition coefficient (Wildman–Crippen LogP) is -0.203. The van der Waals surface area contributed by atoms with Crippen molar-refractivity contribution in [2.45, 2.75) is 44.9 Å². The van der Waals surface area contributed by atoms with Gasteiger partial charge in [-0.3, -0.25) is 19.4 Å². The van der Waals surface area contributed by atoms with Crippen molar-refractivity contribution in [1.82, 2.24) is 29.5 Å². The molecule has 0 aromatic carbocycles. The van der Waals surface area contributed by atoms with Crippen molar-refractivity contribution < 1.29 is 29.3 Å². The van der Waals surface area contributed by atoms with E-state index in [4.69, 9.17) is 14.6 Å². The Morgan fingerprint density at radius 2 is 2.13 bits per heavy atom. The first-order valence-corrected chi connectivity index (χ1v) is 10.3. The van der Waals surface area contributed by atoms with E-state index in [-0.39, 0.29) is 31.5 Å². The second-order valence-corrected chi connectivity index (χ2v) is 8.20. The number of aromatic nitrogens is 3. The van der Waals surface area contributed by atoms with Crippen molar-refractivity contribution in [2.75, 3.05) is 46.4 Å². The number of aliphatic hydroxyl groups is 1. The summed E-state index contributed by atoms with van der Waals surface area (Å²) in [6.07, 6.45) is 2.62. The lowest BCUT2D eigenvalue weighted by atomic mass is 9.92. The fraction of sp³-hybridized carbons (Fsp3) is 0.737. The summed E-state index contributed by atoms with van der Waals surface area (Å²) < 4.78 is 6.88. The number of rotatable bonds is 7. The summed E-state index contributed by atoms with van der Waals surface area (Å²) in [4.78, 5) is 37.6. The maximum atomic E-state index is 12.6. The van der Waals surface area contributed by atoms with Gasteiger partial charge in [-0.15, -0.1) is 10.2 Å². The van der Waals surface area contributed by atoms with Crippen LogP contribution in [0.5, 0.6) is 0 Å². The zero-order valence-electron chi connectivity index (χ0n) is 18.3. The van der Waals surface area contributed by atoms with Crippen LogP contribution in [0, 0.1) is 0 Å². The molecule has 2 aliphatic rings. The summed E-state index contributed by atoms with van der Waals surface area (Å²) in [6, 6.07) is 0.265. The minimum absolute atomic E-state index is 0.00223. The van der Waals surface area contributed by atoms with Crippen molar-refractivity contribution in [3.8, 4) is 0 Å². The predicted molar refractivity (Wildman–Crippen MR) is 109 cm³/mol. The topological polar surface area (TPSA) is 141 Å². The van der Waals surface area contributed by atoms with Crippen LogP contribution in [0.15, 0.2) is 6.33 Å². The van der Waals surface area contributed by atoms with E-state index >= 15 is 0 Å². The summed E-state index contributed by atoms with van der Waals surface area (Å²) in [5, 5.41) is 26.1. The number of hydrogen-bond acceptors (Lipinski definition) is 8. The highest BCUT2D eigenvalue weighted by Gasteiger charge is 2.37.